The summed E-state index contributed by atoms with van der Waals surface area (Å²) in [6, 6.07) is 1.36. The molecule has 0 atom stereocenters. The number of rotatable bonds is 4. The van der Waals surface area contributed by atoms with E-state index in [1.165, 1.54) is 12.3 Å². The molecule has 1 aromatic heterocycles. The van der Waals surface area contributed by atoms with Crippen molar-refractivity contribution < 1.29 is 15.0 Å². The van der Waals surface area contributed by atoms with Crippen LogP contribution < -0.4 is 5.32 Å². The largest absolute Gasteiger partial charge is 0.478 e. The summed E-state index contributed by atoms with van der Waals surface area (Å²) in [4.78, 5) is 14.9. The van der Waals surface area contributed by atoms with E-state index in [1.54, 1.807) is 0 Å². The number of carboxylic acids is 1. The average Bonchev–Trinajstić information content (AvgIpc) is 2.24. The van der Waals surface area contributed by atoms with Crippen LogP contribution in [0.25, 0.3) is 0 Å². The maximum absolute atomic E-state index is 10.8. The van der Waals surface area contributed by atoms with Crippen molar-refractivity contribution in [2.75, 3.05) is 11.9 Å². The topological polar surface area (TPSA) is 82.5 Å². The van der Waals surface area contributed by atoms with Crippen molar-refractivity contribution in [2.45, 2.75) is 18.9 Å². The number of carbonyl (C=O) groups is 1. The number of aliphatic hydroxyl groups excluding tert-OH is 1. The molecule has 1 aromatic rings. The second kappa shape index (κ2) is 4.89. The Morgan fingerprint density at radius 2 is 2.29 bits per heavy atom. The zero-order valence-corrected chi connectivity index (χ0v) is 9.81. The normalized spacial score (nSPS) is 22.9. The highest BCUT2D eigenvalue weighted by Gasteiger charge is 2.27. The summed E-state index contributed by atoms with van der Waals surface area (Å²) in [5.41, 5.74) is 0.0396. The smallest absolute Gasteiger partial charge is 0.337 e. The summed E-state index contributed by atoms with van der Waals surface area (Å²) in [5.74, 6) is -0.288. The number of pyridine rings is 1. The Morgan fingerprint density at radius 3 is 2.88 bits per heavy atom. The molecule has 2 rings (SSSR count). The third kappa shape index (κ3) is 2.68. The number of hydrogen-bond donors (Lipinski definition) is 3. The van der Waals surface area contributed by atoms with Crippen molar-refractivity contribution in [3.8, 4) is 0 Å². The highest BCUT2D eigenvalue weighted by molar-refractivity contribution is 6.35. The van der Waals surface area contributed by atoms with E-state index in [4.69, 9.17) is 21.8 Å². The van der Waals surface area contributed by atoms with Gasteiger partial charge in [0.05, 0.1) is 16.7 Å². The first-order valence-electron chi connectivity index (χ1n) is 5.37. The SMILES string of the molecule is O=C(O)c1ccnc(NCC2CC(O)C2)c1Cl. The Kier molecular flexibility index (Phi) is 3.49. The van der Waals surface area contributed by atoms with E-state index in [1.807, 2.05) is 0 Å². The van der Waals surface area contributed by atoms with Gasteiger partial charge in [0, 0.05) is 12.7 Å². The number of nitrogens with one attached hydrogen (secondary N) is 1. The maximum atomic E-state index is 10.8. The van der Waals surface area contributed by atoms with Gasteiger partial charge in [-0.05, 0) is 24.8 Å². The van der Waals surface area contributed by atoms with Gasteiger partial charge in [-0.1, -0.05) is 11.6 Å². The third-order valence-electron chi connectivity index (χ3n) is 2.89. The quantitative estimate of drug-likeness (QED) is 0.763. The third-order valence-corrected chi connectivity index (χ3v) is 3.27. The zero-order valence-electron chi connectivity index (χ0n) is 9.06. The van der Waals surface area contributed by atoms with Crippen LogP contribution in [0.3, 0.4) is 0 Å². The standard InChI is InChI=1S/C11H13ClN2O3/c12-9-8(11(16)17)1-2-13-10(9)14-5-6-3-7(15)4-6/h1-2,6-7,15H,3-5H2,(H,13,14)(H,16,17). The lowest BCUT2D eigenvalue weighted by Gasteiger charge is -2.31. The summed E-state index contributed by atoms with van der Waals surface area (Å²) in [7, 11) is 0. The summed E-state index contributed by atoms with van der Waals surface area (Å²) in [6.45, 7) is 0.646. The van der Waals surface area contributed by atoms with Crippen molar-refractivity contribution >= 4 is 23.4 Å². The monoisotopic (exact) mass is 256 g/mol. The van der Waals surface area contributed by atoms with Gasteiger partial charge in [0.2, 0.25) is 0 Å². The van der Waals surface area contributed by atoms with Gasteiger partial charge in [-0.2, -0.15) is 0 Å². The van der Waals surface area contributed by atoms with Crippen LogP contribution in [0.1, 0.15) is 23.2 Å². The summed E-state index contributed by atoms with van der Waals surface area (Å²) >= 11 is 5.92. The molecule has 17 heavy (non-hydrogen) atoms. The van der Waals surface area contributed by atoms with Gasteiger partial charge in [-0.3, -0.25) is 0 Å². The summed E-state index contributed by atoms with van der Waals surface area (Å²) in [5, 5.41) is 21.2. The molecule has 1 fully saturated rings. The average molecular weight is 257 g/mol. The second-order valence-electron chi connectivity index (χ2n) is 4.20. The molecule has 1 heterocycles. The minimum Gasteiger partial charge on any atom is -0.478 e. The molecular formula is C11H13ClN2O3. The molecule has 1 aliphatic carbocycles. The lowest BCUT2D eigenvalue weighted by atomic mass is 9.82. The van der Waals surface area contributed by atoms with Crippen LogP contribution in [0.15, 0.2) is 12.3 Å². The number of carboxylic acid groups (broad SMARTS) is 1. The number of aromatic carboxylic acids is 1. The summed E-state index contributed by atoms with van der Waals surface area (Å²) in [6.07, 6.45) is 2.75. The molecule has 5 nitrogen and oxygen atoms in total. The fourth-order valence-corrected chi connectivity index (χ4v) is 2.10. The Morgan fingerprint density at radius 1 is 1.59 bits per heavy atom. The number of anilines is 1. The van der Waals surface area contributed by atoms with Gasteiger partial charge in [0.15, 0.2) is 0 Å². The van der Waals surface area contributed by atoms with E-state index in [0.29, 0.717) is 18.3 Å². The molecule has 92 valence electrons. The van der Waals surface area contributed by atoms with Crippen molar-refractivity contribution in [3.63, 3.8) is 0 Å². The molecule has 0 unspecified atom stereocenters. The molecule has 6 heteroatoms. The number of aromatic nitrogens is 1. The van der Waals surface area contributed by atoms with Gasteiger partial charge in [-0.25, -0.2) is 9.78 Å². The van der Waals surface area contributed by atoms with Gasteiger partial charge < -0.3 is 15.5 Å². The van der Waals surface area contributed by atoms with Crippen LogP contribution >= 0.6 is 11.6 Å². The van der Waals surface area contributed by atoms with Crippen LogP contribution in [-0.4, -0.2) is 33.8 Å². The first-order chi connectivity index (χ1) is 8.08. The van der Waals surface area contributed by atoms with Crippen molar-refractivity contribution in [1.82, 2.24) is 4.98 Å². The van der Waals surface area contributed by atoms with Crippen molar-refractivity contribution in [2.24, 2.45) is 5.92 Å². The van der Waals surface area contributed by atoms with E-state index in [9.17, 15) is 4.79 Å². The molecular weight excluding hydrogens is 244 g/mol. The Labute approximate surface area is 103 Å². The van der Waals surface area contributed by atoms with Crippen LogP contribution in [0.5, 0.6) is 0 Å². The van der Waals surface area contributed by atoms with Gasteiger partial charge >= 0.3 is 5.97 Å². The van der Waals surface area contributed by atoms with E-state index < -0.39 is 5.97 Å². The highest BCUT2D eigenvalue weighted by atomic mass is 35.5. The van der Waals surface area contributed by atoms with Crippen LogP contribution in [-0.2, 0) is 0 Å². The molecule has 3 N–H and O–H groups in total. The molecule has 1 saturated carbocycles. The Balaban J connectivity index is 2.01. The van der Waals surface area contributed by atoms with Crippen LogP contribution in [0, 0.1) is 5.92 Å². The number of hydrogen-bond acceptors (Lipinski definition) is 4. The van der Waals surface area contributed by atoms with Crippen molar-refractivity contribution in [1.29, 1.82) is 0 Å². The lowest BCUT2D eigenvalue weighted by molar-refractivity contribution is 0.0486. The predicted molar refractivity (Wildman–Crippen MR) is 63.4 cm³/mol. The highest BCUT2D eigenvalue weighted by Crippen LogP contribution is 2.29. The summed E-state index contributed by atoms with van der Waals surface area (Å²) < 4.78 is 0. The van der Waals surface area contributed by atoms with Gasteiger partial charge in [0.25, 0.3) is 0 Å². The molecule has 0 radical (unpaired) electrons. The van der Waals surface area contributed by atoms with E-state index in [2.05, 4.69) is 10.3 Å². The minimum atomic E-state index is -1.07. The molecule has 0 aliphatic heterocycles. The first kappa shape index (κ1) is 12.1. The minimum absolute atomic E-state index is 0.0396. The Bertz CT molecular complexity index is 433. The molecule has 0 saturated heterocycles. The lowest BCUT2D eigenvalue weighted by Crippen LogP contribution is -2.33. The van der Waals surface area contributed by atoms with E-state index in [-0.39, 0.29) is 16.7 Å². The fraction of sp³-hybridized carbons (Fsp3) is 0.455. The zero-order chi connectivity index (χ0) is 12.4. The van der Waals surface area contributed by atoms with E-state index >= 15 is 0 Å². The van der Waals surface area contributed by atoms with Gasteiger partial charge in [0.1, 0.15) is 5.82 Å². The molecule has 1 aliphatic rings. The van der Waals surface area contributed by atoms with Crippen molar-refractivity contribution in [3.05, 3.63) is 22.8 Å². The first-order valence-corrected chi connectivity index (χ1v) is 5.75. The van der Waals surface area contributed by atoms with Crippen LogP contribution in [0.2, 0.25) is 5.02 Å². The Hall–Kier alpha value is -1.33. The second-order valence-corrected chi connectivity index (χ2v) is 4.58. The number of halogens is 1. The van der Waals surface area contributed by atoms with Gasteiger partial charge in [-0.15, -0.1) is 0 Å². The molecule has 0 amide bonds. The number of aliphatic hydroxyl groups is 1. The van der Waals surface area contributed by atoms with Crippen LogP contribution in [0.4, 0.5) is 5.82 Å². The number of nitrogens with zero attached hydrogens (tertiary/aromatic N) is 1. The molecule has 0 spiro atoms. The molecule has 0 aromatic carbocycles. The fourth-order valence-electron chi connectivity index (χ4n) is 1.84. The molecule has 0 bridgehead atoms. The van der Waals surface area contributed by atoms with E-state index in [0.717, 1.165) is 12.8 Å². The maximum Gasteiger partial charge on any atom is 0.337 e. The predicted octanol–water partition coefficient (Wildman–Crippen LogP) is 1.62.